The molecule has 114 valence electrons. The first kappa shape index (κ1) is 15.4. The molecular formula is C14H27N5O. The third-order valence-corrected chi connectivity index (χ3v) is 4.41. The fourth-order valence-electron chi connectivity index (χ4n) is 3.34. The second kappa shape index (κ2) is 7.13. The van der Waals surface area contributed by atoms with Crippen LogP contribution in [0.15, 0.2) is 0 Å². The van der Waals surface area contributed by atoms with Gasteiger partial charge in [0, 0.05) is 25.1 Å². The van der Waals surface area contributed by atoms with E-state index in [1.54, 1.807) is 0 Å². The highest BCUT2D eigenvalue weighted by Gasteiger charge is 2.33. The molecule has 0 bridgehead atoms. The van der Waals surface area contributed by atoms with Crippen LogP contribution in [0.25, 0.3) is 0 Å². The minimum Gasteiger partial charge on any atom is -0.396 e. The molecule has 1 saturated heterocycles. The zero-order chi connectivity index (χ0) is 14.4. The van der Waals surface area contributed by atoms with Crippen LogP contribution in [-0.4, -0.2) is 56.5 Å². The number of aliphatic hydroxyl groups excluding tert-OH is 1. The Bertz CT molecular complexity index is 404. The Morgan fingerprint density at radius 3 is 2.85 bits per heavy atom. The molecule has 0 spiro atoms. The molecule has 0 aromatic carbocycles. The molecule has 0 amide bonds. The summed E-state index contributed by atoms with van der Waals surface area (Å²) in [6.45, 7) is 8.57. The molecule has 1 aliphatic heterocycles. The lowest BCUT2D eigenvalue weighted by atomic mass is 9.77. The number of aryl methyl sites for hydroxylation is 2. The van der Waals surface area contributed by atoms with Gasteiger partial charge in [-0.25, -0.2) is 4.68 Å². The molecule has 1 aromatic rings. The SMILES string of the molecule is CCC[C@@]1(CO)CCCN(CCCn2nnnc2C)C1. The Balaban J connectivity index is 1.79. The number of tetrazole rings is 1. The van der Waals surface area contributed by atoms with Crippen LogP contribution >= 0.6 is 0 Å². The zero-order valence-electron chi connectivity index (χ0n) is 12.8. The minimum atomic E-state index is 0.137. The van der Waals surface area contributed by atoms with Crippen LogP contribution in [0.1, 0.15) is 44.9 Å². The fourth-order valence-corrected chi connectivity index (χ4v) is 3.34. The van der Waals surface area contributed by atoms with E-state index in [-0.39, 0.29) is 5.41 Å². The highest BCUT2D eigenvalue weighted by atomic mass is 16.3. The quantitative estimate of drug-likeness (QED) is 0.814. The zero-order valence-corrected chi connectivity index (χ0v) is 12.8. The molecule has 6 heteroatoms. The van der Waals surface area contributed by atoms with Crippen molar-refractivity contribution in [3.05, 3.63) is 5.82 Å². The Morgan fingerprint density at radius 2 is 2.20 bits per heavy atom. The molecule has 1 N–H and O–H groups in total. The van der Waals surface area contributed by atoms with E-state index in [0.29, 0.717) is 6.61 Å². The first-order chi connectivity index (χ1) is 9.69. The van der Waals surface area contributed by atoms with E-state index in [2.05, 4.69) is 27.3 Å². The van der Waals surface area contributed by atoms with Gasteiger partial charge in [0.25, 0.3) is 0 Å². The van der Waals surface area contributed by atoms with E-state index in [4.69, 9.17) is 0 Å². The van der Waals surface area contributed by atoms with Crippen LogP contribution in [0.4, 0.5) is 0 Å². The Kier molecular flexibility index (Phi) is 5.48. The summed E-state index contributed by atoms with van der Waals surface area (Å²) < 4.78 is 1.86. The summed E-state index contributed by atoms with van der Waals surface area (Å²) in [7, 11) is 0. The van der Waals surface area contributed by atoms with Crippen LogP contribution in [0.5, 0.6) is 0 Å². The third-order valence-electron chi connectivity index (χ3n) is 4.41. The van der Waals surface area contributed by atoms with Gasteiger partial charge in [-0.05, 0) is 56.1 Å². The maximum Gasteiger partial charge on any atom is 0.148 e. The van der Waals surface area contributed by atoms with Gasteiger partial charge in [0.2, 0.25) is 0 Å². The van der Waals surface area contributed by atoms with E-state index < -0.39 is 0 Å². The molecular weight excluding hydrogens is 254 g/mol. The molecule has 1 aromatic heterocycles. The van der Waals surface area contributed by atoms with E-state index in [1.807, 2.05) is 11.6 Å². The van der Waals surface area contributed by atoms with Crippen molar-refractivity contribution in [1.29, 1.82) is 0 Å². The summed E-state index contributed by atoms with van der Waals surface area (Å²) in [5.74, 6) is 0.874. The second-order valence-electron chi connectivity index (χ2n) is 6.09. The van der Waals surface area contributed by atoms with Crippen LogP contribution in [-0.2, 0) is 6.54 Å². The largest absolute Gasteiger partial charge is 0.396 e. The maximum absolute atomic E-state index is 9.75. The molecule has 6 nitrogen and oxygen atoms in total. The summed E-state index contributed by atoms with van der Waals surface area (Å²) >= 11 is 0. The monoisotopic (exact) mass is 281 g/mol. The molecule has 1 aliphatic rings. The van der Waals surface area contributed by atoms with Gasteiger partial charge in [-0.3, -0.25) is 0 Å². The summed E-state index contributed by atoms with van der Waals surface area (Å²) in [6, 6.07) is 0. The maximum atomic E-state index is 9.75. The van der Waals surface area contributed by atoms with E-state index in [0.717, 1.165) is 51.3 Å². The van der Waals surface area contributed by atoms with E-state index in [1.165, 1.54) is 12.8 Å². The van der Waals surface area contributed by atoms with Crippen molar-refractivity contribution >= 4 is 0 Å². The summed E-state index contributed by atoms with van der Waals surface area (Å²) in [5.41, 5.74) is 0.137. The van der Waals surface area contributed by atoms with Gasteiger partial charge in [0.05, 0.1) is 0 Å². The summed E-state index contributed by atoms with van der Waals surface area (Å²) in [5, 5.41) is 21.3. The van der Waals surface area contributed by atoms with Crippen molar-refractivity contribution in [2.45, 2.75) is 52.5 Å². The number of hydrogen-bond acceptors (Lipinski definition) is 5. The van der Waals surface area contributed by atoms with Crippen LogP contribution < -0.4 is 0 Å². The summed E-state index contributed by atoms with van der Waals surface area (Å²) in [6.07, 6.45) is 5.70. The van der Waals surface area contributed by atoms with Gasteiger partial charge in [0.15, 0.2) is 0 Å². The smallest absolute Gasteiger partial charge is 0.148 e. The van der Waals surface area contributed by atoms with Crippen molar-refractivity contribution in [2.24, 2.45) is 5.41 Å². The average molecular weight is 281 g/mol. The predicted molar refractivity (Wildman–Crippen MR) is 77.3 cm³/mol. The number of aliphatic hydroxyl groups is 1. The number of rotatable bonds is 7. The molecule has 2 heterocycles. The lowest BCUT2D eigenvalue weighted by molar-refractivity contribution is 0.0241. The van der Waals surface area contributed by atoms with Crippen LogP contribution in [0.3, 0.4) is 0 Å². The normalized spacial score (nSPS) is 24.1. The average Bonchev–Trinajstić information content (AvgIpc) is 2.85. The lowest BCUT2D eigenvalue weighted by Gasteiger charge is -2.42. The van der Waals surface area contributed by atoms with Gasteiger partial charge in [-0.2, -0.15) is 0 Å². The molecule has 1 atom stereocenters. The Labute approximate surface area is 121 Å². The van der Waals surface area contributed by atoms with Gasteiger partial charge in [0.1, 0.15) is 5.82 Å². The van der Waals surface area contributed by atoms with Crippen molar-refractivity contribution < 1.29 is 5.11 Å². The first-order valence-electron chi connectivity index (χ1n) is 7.75. The number of aromatic nitrogens is 4. The van der Waals surface area contributed by atoms with E-state index >= 15 is 0 Å². The van der Waals surface area contributed by atoms with Crippen molar-refractivity contribution in [3.8, 4) is 0 Å². The standard InChI is InChI=1S/C14H27N5O/c1-3-6-14(12-20)7-4-8-18(11-14)9-5-10-19-13(2)15-16-17-19/h20H,3-12H2,1-2H3/t14-/m1/s1. The molecule has 0 unspecified atom stereocenters. The first-order valence-corrected chi connectivity index (χ1v) is 7.75. The summed E-state index contributed by atoms with van der Waals surface area (Å²) in [4.78, 5) is 2.50. The predicted octanol–water partition coefficient (Wildman–Crippen LogP) is 1.25. The molecule has 20 heavy (non-hydrogen) atoms. The minimum absolute atomic E-state index is 0.137. The lowest BCUT2D eigenvalue weighted by Crippen LogP contribution is -2.45. The highest BCUT2D eigenvalue weighted by molar-refractivity contribution is 4.86. The van der Waals surface area contributed by atoms with Gasteiger partial charge < -0.3 is 10.0 Å². The van der Waals surface area contributed by atoms with Crippen molar-refractivity contribution in [2.75, 3.05) is 26.2 Å². The third kappa shape index (κ3) is 3.76. The van der Waals surface area contributed by atoms with Crippen molar-refractivity contribution in [3.63, 3.8) is 0 Å². The van der Waals surface area contributed by atoms with Gasteiger partial charge in [-0.15, -0.1) is 5.10 Å². The second-order valence-corrected chi connectivity index (χ2v) is 6.09. The number of piperidine rings is 1. The van der Waals surface area contributed by atoms with E-state index in [9.17, 15) is 5.11 Å². The number of nitrogens with zero attached hydrogens (tertiary/aromatic N) is 5. The number of hydrogen-bond donors (Lipinski definition) is 1. The molecule has 0 radical (unpaired) electrons. The number of likely N-dealkylation sites (tertiary alicyclic amines) is 1. The van der Waals surface area contributed by atoms with Crippen LogP contribution in [0.2, 0.25) is 0 Å². The van der Waals surface area contributed by atoms with Gasteiger partial charge in [-0.1, -0.05) is 13.3 Å². The fraction of sp³-hybridized carbons (Fsp3) is 0.929. The van der Waals surface area contributed by atoms with Crippen LogP contribution in [0, 0.1) is 12.3 Å². The molecule has 1 fully saturated rings. The van der Waals surface area contributed by atoms with Gasteiger partial charge >= 0.3 is 0 Å². The van der Waals surface area contributed by atoms with Crippen molar-refractivity contribution in [1.82, 2.24) is 25.1 Å². The Hall–Kier alpha value is -1.01. The molecule has 0 saturated carbocycles. The molecule has 0 aliphatic carbocycles. The Morgan fingerprint density at radius 1 is 1.35 bits per heavy atom. The topological polar surface area (TPSA) is 67.1 Å². The molecule has 2 rings (SSSR count). The highest BCUT2D eigenvalue weighted by Crippen LogP contribution is 2.34.